The number of carbonyl (C=O) groups excluding carboxylic acids is 2. The van der Waals surface area contributed by atoms with Crippen molar-refractivity contribution in [3.05, 3.63) is 65.5 Å². The average Bonchev–Trinajstić information content (AvgIpc) is 3.74. The van der Waals surface area contributed by atoms with E-state index in [1.165, 1.54) is 12.1 Å². The van der Waals surface area contributed by atoms with Gasteiger partial charge in [0.25, 0.3) is 0 Å². The normalized spacial score (nSPS) is 24.4. The minimum atomic E-state index is -0.663. The van der Waals surface area contributed by atoms with E-state index in [9.17, 15) is 19.1 Å². The van der Waals surface area contributed by atoms with Crippen LogP contribution < -0.4 is 5.32 Å². The molecule has 0 unspecified atom stereocenters. The van der Waals surface area contributed by atoms with Crippen molar-refractivity contribution in [1.29, 1.82) is 0 Å². The maximum Gasteiger partial charge on any atom is 0.230 e. The fourth-order valence-electron chi connectivity index (χ4n) is 6.18. The van der Waals surface area contributed by atoms with Crippen LogP contribution in [0, 0.1) is 23.1 Å². The van der Waals surface area contributed by atoms with Gasteiger partial charge in [-0.2, -0.15) is 0 Å². The molecule has 0 radical (unpaired) electrons. The Labute approximate surface area is 223 Å². The lowest BCUT2D eigenvalue weighted by molar-refractivity contribution is -0.152. The van der Waals surface area contributed by atoms with E-state index in [4.69, 9.17) is 4.74 Å². The number of hydrogen-bond acceptors (Lipinski definition) is 4. The largest absolute Gasteiger partial charge is 0.508 e. The monoisotopic (exact) mass is 518 g/mol. The summed E-state index contributed by atoms with van der Waals surface area (Å²) in [6.45, 7) is 4.00. The van der Waals surface area contributed by atoms with E-state index in [1.807, 2.05) is 23.1 Å². The minimum absolute atomic E-state index is 0.0201. The summed E-state index contributed by atoms with van der Waals surface area (Å²) in [5.74, 6) is 5.63. The van der Waals surface area contributed by atoms with Gasteiger partial charge in [-0.25, -0.2) is 4.39 Å². The molecule has 3 aliphatic rings. The number of nitrogens with zero attached hydrogens (tertiary/aromatic N) is 1. The first-order valence-corrected chi connectivity index (χ1v) is 13.5. The van der Waals surface area contributed by atoms with Crippen molar-refractivity contribution < 1.29 is 23.8 Å². The molecule has 0 aromatic heterocycles. The van der Waals surface area contributed by atoms with Crippen LogP contribution in [0.15, 0.2) is 48.5 Å². The van der Waals surface area contributed by atoms with Crippen LogP contribution in [0.4, 0.5) is 4.39 Å². The molecule has 2 saturated heterocycles. The summed E-state index contributed by atoms with van der Waals surface area (Å²) in [5, 5.41) is 12.8. The van der Waals surface area contributed by atoms with Gasteiger partial charge in [0.05, 0.1) is 17.4 Å². The average molecular weight is 519 g/mol. The zero-order valence-electron chi connectivity index (χ0n) is 21.8. The second-order valence-corrected chi connectivity index (χ2v) is 10.9. The van der Waals surface area contributed by atoms with Gasteiger partial charge < -0.3 is 20.1 Å². The molecule has 6 nitrogen and oxygen atoms in total. The number of aromatic hydroxyl groups is 1. The van der Waals surface area contributed by atoms with Gasteiger partial charge in [0.1, 0.15) is 11.6 Å². The van der Waals surface area contributed by atoms with E-state index < -0.39 is 5.41 Å². The summed E-state index contributed by atoms with van der Waals surface area (Å²) in [6.07, 6.45) is 4.11. The van der Waals surface area contributed by atoms with Gasteiger partial charge in [0.15, 0.2) is 0 Å². The minimum Gasteiger partial charge on any atom is -0.508 e. The van der Waals surface area contributed by atoms with Crippen molar-refractivity contribution in [2.24, 2.45) is 5.41 Å². The molecule has 0 spiro atoms. The number of carbonyl (C=O) groups is 2. The molecule has 3 fully saturated rings. The molecule has 2 aromatic rings. The standard InChI is InChI=1S/C31H35FN2O4/c1-2-5-23(22-8-10-26(35)11-9-22)18-28(36)34-16-12-27-30(21-34,13-4-17-38-27)20-33-29(37)31(14-15-31)24-6-3-7-25(32)19-24/h3,6-11,19,23,27,35H,4,12-18,20-21H2,1H3,(H,33,37)/t23-,27+,30+/m0/s1. The van der Waals surface area contributed by atoms with Gasteiger partial charge >= 0.3 is 0 Å². The second-order valence-electron chi connectivity index (χ2n) is 10.9. The molecule has 2 aromatic carbocycles. The predicted molar refractivity (Wildman–Crippen MR) is 142 cm³/mol. The molecular weight excluding hydrogens is 483 g/mol. The van der Waals surface area contributed by atoms with Gasteiger partial charge in [-0.15, -0.1) is 5.92 Å². The molecule has 0 bridgehead atoms. The van der Waals surface area contributed by atoms with E-state index in [2.05, 4.69) is 17.2 Å². The fourth-order valence-corrected chi connectivity index (χ4v) is 6.18. The summed E-state index contributed by atoms with van der Waals surface area (Å²) in [6, 6.07) is 13.2. The first-order valence-electron chi connectivity index (χ1n) is 13.5. The van der Waals surface area contributed by atoms with Crippen molar-refractivity contribution in [2.45, 2.75) is 62.9 Å². The van der Waals surface area contributed by atoms with Crippen molar-refractivity contribution in [3.63, 3.8) is 0 Å². The maximum absolute atomic E-state index is 13.9. The smallest absolute Gasteiger partial charge is 0.230 e. The lowest BCUT2D eigenvalue weighted by atomic mass is 9.72. The number of hydrogen-bond donors (Lipinski definition) is 2. The first kappa shape index (κ1) is 26.2. The molecular formula is C31H35FN2O4. The third-order valence-corrected chi connectivity index (χ3v) is 8.50. The summed E-state index contributed by atoms with van der Waals surface area (Å²) >= 11 is 0. The van der Waals surface area contributed by atoms with E-state index in [0.717, 1.165) is 30.4 Å². The summed E-state index contributed by atoms with van der Waals surface area (Å²) in [7, 11) is 0. The number of amides is 2. The van der Waals surface area contributed by atoms with Crippen LogP contribution in [0.25, 0.3) is 0 Å². The lowest BCUT2D eigenvalue weighted by Gasteiger charge is -2.50. The number of rotatable bonds is 7. The molecule has 2 amide bonds. The number of benzene rings is 2. The van der Waals surface area contributed by atoms with Crippen LogP contribution in [-0.4, -0.2) is 54.2 Å². The fraction of sp³-hybridized carbons (Fsp3) is 0.484. The van der Waals surface area contributed by atoms with Gasteiger partial charge in [-0.05, 0) is 74.4 Å². The number of piperidine rings is 1. The van der Waals surface area contributed by atoms with E-state index in [0.29, 0.717) is 39.1 Å². The Morgan fingerprint density at radius 2 is 2.00 bits per heavy atom. The number of phenols is 1. The number of ether oxygens (including phenoxy) is 1. The molecule has 38 heavy (non-hydrogen) atoms. The number of fused-ring (bicyclic) bond motifs is 1. The summed E-state index contributed by atoms with van der Waals surface area (Å²) in [4.78, 5) is 28.8. The van der Waals surface area contributed by atoms with Crippen LogP contribution in [0.1, 0.15) is 62.5 Å². The van der Waals surface area contributed by atoms with E-state index in [1.54, 1.807) is 25.1 Å². The zero-order valence-corrected chi connectivity index (χ0v) is 21.8. The number of phenolic OH excluding ortho intramolecular Hbond substituents is 1. The Hall–Kier alpha value is -3.37. The molecule has 2 aliphatic heterocycles. The quantitative estimate of drug-likeness (QED) is 0.537. The lowest BCUT2D eigenvalue weighted by Crippen LogP contribution is -2.60. The summed E-state index contributed by atoms with van der Waals surface area (Å²) < 4.78 is 20.0. The summed E-state index contributed by atoms with van der Waals surface area (Å²) in [5.41, 5.74) is 0.603. The SMILES string of the molecule is CC#C[C@@H](CC(=O)N1CC[C@H]2OCCC[C@@]2(CNC(=O)C2(c3cccc(F)c3)CC2)C1)c1ccc(O)cc1. The molecule has 5 rings (SSSR count). The third kappa shape index (κ3) is 5.28. The maximum atomic E-state index is 13.9. The molecule has 1 saturated carbocycles. The second kappa shape index (κ2) is 10.8. The molecule has 200 valence electrons. The number of nitrogens with one attached hydrogen (secondary N) is 1. The topological polar surface area (TPSA) is 78.9 Å². The highest BCUT2D eigenvalue weighted by Crippen LogP contribution is 2.49. The highest BCUT2D eigenvalue weighted by molar-refractivity contribution is 5.91. The van der Waals surface area contributed by atoms with E-state index >= 15 is 0 Å². The van der Waals surface area contributed by atoms with Crippen LogP contribution in [0.2, 0.25) is 0 Å². The van der Waals surface area contributed by atoms with Crippen LogP contribution in [0.3, 0.4) is 0 Å². The number of halogens is 1. The Kier molecular flexibility index (Phi) is 7.45. The Bertz CT molecular complexity index is 1250. The highest BCUT2D eigenvalue weighted by atomic mass is 19.1. The van der Waals surface area contributed by atoms with Crippen LogP contribution in [-0.2, 0) is 19.7 Å². The molecule has 2 N–H and O–H groups in total. The first-order chi connectivity index (χ1) is 18.3. The van der Waals surface area contributed by atoms with Gasteiger partial charge in [-0.3, -0.25) is 9.59 Å². The van der Waals surface area contributed by atoms with Crippen molar-refractivity contribution in [2.75, 3.05) is 26.2 Å². The van der Waals surface area contributed by atoms with Crippen molar-refractivity contribution in [1.82, 2.24) is 10.2 Å². The third-order valence-electron chi connectivity index (χ3n) is 8.50. The Balaban J connectivity index is 1.28. The van der Waals surface area contributed by atoms with Crippen LogP contribution >= 0.6 is 0 Å². The molecule has 7 heteroatoms. The Morgan fingerprint density at radius 1 is 1.21 bits per heavy atom. The van der Waals surface area contributed by atoms with Gasteiger partial charge in [-0.1, -0.05) is 30.2 Å². The van der Waals surface area contributed by atoms with Gasteiger partial charge in [0.2, 0.25) is 11.8 Å². The highest BCUT2D eigenvalue weighted by Gasteiger charge is 2.53. The number of likely N-dealkylation sites (tertiary alicyclic amines) is 1. The molecule has 1 aliphatic carbocycles. The Morgan fingerprint density at radius 3 is 2.71 bits per heavy atom. The predicted octanol–water partition coefficient (Wildman–Crippen LogP) is 4.27. The van der Waals surface area contributed by atoms with E-state index in [-0.39, 0.29) is 47.2 Å². The van der Waals surface area contributed by atoms with Crippen molar-refractivity contribution in [3.8, 4) is 17.6 Å². The van der Waals surface area contributed by atoms with Gasteiger partial charge in [0, 0.05) is 38.1 Å². The van der Waals surface area contributed by atoms with Crippen molar-refractivity contribution >= 4 is 11.8 Å². The molecule has 2 heterocycles. The molecule has 3 atom stereocenters. The van der Waals surface area contributed by atoms with Crippen LogP contribution in [0.5, 0.6) is 5.75 Å². The zero-order chi connectivity index (χ0) is 26.8.